The first-order valence-corrected chi connectivity index (χ1v) is 3.62. The average Bonchev–Trinajstić information content (AvgIpc) is 2.76. The van der Waals surface area contributed by atoms with Crippen LogP contribution >= 0.6 is 0 Å². The van der Waals surface area contributed by atoms with Crippen molar-refractivity contribution >= 4 is 0 Å². The minimum Gasteiger partial charge on any atom is -0.365 e. The lowest BCUT2D eigenvalue weighted by Crippen LogP contribution is -2.03. The minimum absolute atomic E-state index is 1.28. The van der Waals surface area contributed by atoms with Crippen molar-refractivity contribution in [2.45, 2.75) is 12.8 Å². The second-order valence-electron chi connectivity index (χ2n) is 2.57. The summed E-state index contributed by atoms with van der Waals surface area (Å²) in [4.78, 5) is 0. The summed E-state index contributed by atoms with van der Waals surface area (Å²) in [5.74, 6) is 1.55. The second kappa shape index (κ2) is 2.33. The fourth-order valence-corrected chi connectivity index (χ4v) is 1.01. The summed E-state index contributed by atoms with van der Waals surface area (Å²) in [5, 5.41) is 3.22. The zero-order chi connectivity index (χ0) is 6.81. The molecule has 1 N–H and O–H groups in total. The van der Waals surface area contributed by atoms with E-state index in [0.29, 0.717) is 0 Å². The van der Waals surface area contributed by atoms with E-state index in [1.165, 1.54) is 18.5 Å². The van der Waals surface area contributed by atoms with Gasteiger partial charge in [-0.2, -0.15) is 0 Å². The highest BCUT2D eigenvalue weighted by atomic mass is 14.9. The van der Waals surface area contributed by atoms with E-state index in [1.807, 2.05) is 18.4 Å². The Labute approximate surface area is 61.1 Å². The van der Waals surface area contributed by atoms with Crippen LogP contribution < -0.4 is 5.32 Å². The first-order valence-electron chi connectivity index (χ1n) is 3.62. The van der Waals surface area contributed by atoms with Crippen LogP contribution in [0.1, 0.15) is 12.8 Å². The van der Waals surface area contributed by atoms with Crippen LogP contribution in [-0.4, -0.2) is 0 Å². The van der Waals surface area contributed by atoms with Gasteiger partial charge in [0, 0.05) is 17.8 Å². The van der Waals surface area contributed by atoms with Gasteiger partial charge >= 0.3 is 0 Å². The summed E-state index contributed by atoms with van der Waals surface area (Å²) in [7, 11) is 0. The Morgan fingerprint density at radius 2 is 2.00 bits per heavy atom. The van der Waals surface area contributed by atoms with Crippen molar-refractivity contribution in [2.75, 3.05) is 0 Å². The SMILES string of the molecule is C1=CC=C([C]2CC2)NC=C1. The van der Waals surface area contributed by atoms with E-state index in [2.05, 4.69) is 17.5 Å². The van der Waals surface area contributed by atoms with Crippen molar-refractivity contribution in [1.29, 1.82) is 0 Å². The average molecular weight is 132 g/mol. The lowest BCUT2D eigenvalue weighted by Gasteiger charge is -2.00. The van der Waals surface area contributed by atoms with Gasteiger partial charge in [0.05, 0.1) is 0 Å². The van der Waals surface area contributed by atoms with Crippen LogP contribution in [0.2, 0.25) is 0 Å². The van der Waals surface area contributed by atoms with Crippen LogP contribution in [0.4, 0.5) is 0 Å². The van der Waals surface area contributed by atoms with E-state index in [1.54, 1.807) is 5.92 Å². The molecule has 1 aliphatic carbocycles. The van der Waals surface area contributed by atoms with E-state index in [4.69, 9.17) is 0 Å². The molecule has 0 spiro atoms. The van der Waals surface area contributed by atoms with E-state index in [-0.39, 0.29) is 0 Å². The molecular formula is C9H10N. The van der Waals surface area contributed by atoms with Gasteiger partial charge in [-0.25, -0.2) is 0 Å². The van der Waals surface area contributed by atoms with Crippen LogP contribution in [0.5, 0.6) is 0 Å². The lowest BCUT2D eigenvalue weighted by molar-refractivity contribution is 1.06. The molecule has 0 saturated heterocycles. The van der Waals surface area contributed by atoms with Gasteiger partial charge in [-0.1, -0.05) is 12.2 Å². The van der Waals surface area contributed by atoms with Gasteiger partial charge in [-0.05, 0) is 25.0 Å². The molecule has 1 radical (unpaired) electrons. The second-order valence-corrected chi connectivity index (χ2v) is 2.57. The number of rotatable bonds is 1. The van der Waals surface area contributed by atoms with Crippen molar-refractivity contribution < 1.29 is 0 Å². The first-order chi connectivity index (χ1) is 4.97. The van der Waals surface area contributed by atoms with Gasteiger partial charge in [0.25, 0.3) is 0 Å². The summed E-state index contributed by atoms with van der Waals surface area (Å²) in [6.45, 7) is 0. The Bertz CT molecular complexity index is 207. The largest absolute Gasteiger partial charge is 0.365 e. The van der Waals surface area contributed by atoms with Gasteiger partial charge in [0.2, 0.25) is 0 Å². The van der Waals surface area contributed by atoms with Crippen LogP contribution in [0.3, 0.4) is 0 Å². The summed E-state index contributed by atoms with van der Waals surface area (Å²) in [6, 6.07) is 0. The van der Waals surface area contributed by atoms with Crippen molar-refractivity contribution in [1.82, 2.24) is 5.32 Å². The third-order valence-electron chi connectivity index (χ3n) is 1.70. The molecule has 1 heteroatoms. The third-order valence-corrected chi connectivity index (χ3v) is 1.70. The Morgan fingerprint density at radius 3 is 2.80 bits per heavy atom. The van der Waals surface area contributed by atoms with Crippen molar-refractivity contribution in [3.63, 3.8) is 0 Å². The molecular weight excluding hydrogens is 122 g/mol. The predicted octanol–water partition coefficient (Wildman–Crippen LogP) is 1.91. The van der Waals surface area contributed by atoms with Crippen LogP contribution in [0.15, 0.2) is 36.2 Å². The van der Waals surface area contributed by atoms with Crippen molar-refractivity contribution in [3.8, 4) is 0 Å². The highest BCUT2D eigenvalue weighted by Crippen LogP contribution is 2.37. The molecule has 2 aliphatic rings. The van der Waals surface area contributed by atoms with Gasteiger partial charge in [-0.15, -0.1) is 0 Å². The molecule has 0 aromatic heterocycles. The van der Waals surface area contributed by atoms with Gasteiger partial charge in [-0.3, -0.25) is 0 Å². The summed E-state index contributed by atoms with van der Waals surface area (Å²) in [5.41, 5.74) is 1.30. The maximum atomic E-state index is 3.22. The Kier molecular flexibility index (Phi) is 1.35. The number of allylic oxidation sites excluding steroid dienone is 5. The third kappa shape index (κ3) is 1.13. The number of nitrogens with one attached hydrogen (secondary N) is 1. The molecule has 1 aliphatic heterocycles. The Morgan fingerprint density at radius 1 is 1.10 bits per heavy atom. The van der Waals surface area contributed by atoms with Gasteiger partial charge < -0.3 is 5.32 Å². The van der Waals surface area contributed by atoms with Gasteiger partial charge in [0.15, 0.2) is 0 Å². The first kappa shape index (κ1) is 5.78. The highest BCUT2D eigenvalue weighted by Gasteiger charge is 2.25. The molecule has 1 saturated carbocycles. The summed E-state index contributed by atoms with van der Waals surface area (Å²) < 4.78 is 0. The Balaban J connectivity index is 2.12. The Hall–Kier alpha value is -0.980. The molecule has 51 valence electrons. The maximum Gasteiger partial charge on any atom is 0.0219 e. The van der Waals surface area contributed by atoms with Crippen LogP contribution in [-0.2, 0) is 0 Å². The quantitative estimate of drug-likeness (QED) is 0.574. The molecule has 0 amide bonds. The predicted molar refractivity (Wildman–Crippen MR) is 42.0 cm³/mol. The monoisotopic (exact) mass is 132 g/mol. The smallest absolute Gasteiger partial charge is 0.0219 e. The normalized spacial score (nSPS) is 23.4. The highest BCUT2D eigenvalue weighted by molar-refractivity contribution is 5.37. The maximum absolute atomic E-state index is 3.22. The molecule has 10 heavy (non-hydrogen) atoms. The fraction of sp³-hybridized carbons (Fsp3) is 0.222. The van der Waals surface area contributed by atoms with E-state index >= 15 is 0 Å². The van der Waals surface area contributed by atoms with Crippen molar-refractivity contribution in [3.05, 3.63) is 42.1 Å². The van der Waals surface area contributed by atoms with Crippen LogP contribution in [0.25, 0.3) is 0 Å². The number of hydrogen-bond donors (Lipinski definition) is 1. The molecule has 0 atom stereocenters. The molecule has 0 aromatic rings. The zero-order valence-electron chi connectivity index (χ0n) is 5.80. The summed E-state index contributed by atoms with van der Waals surface area (Å²) >= 11 is 0. The van der Waals surface area contributed by atoms with E-state index < -0.39 is 0 Å². The van der Waals surface area contributed by atoms with Crippen LogP contribution in [0, 0.1) is 5.92 Å². The summed E-state index contributed by atoms with van der Waals surface area (Å²) in [6.07, 6.45) is 12.8. The molecule has 1 nitrogen and oxygen atoms in total. The molecule has 0 unspecified atom stereocenters. The molecule has 1 fully saturated rings. The zero-order valence-corrected chi connectivity index (χ0v) is 5.80. The molecule has 2 rings (SSSR count). The minimum atomic E-state index is 1.28. The fourth-order valence-electron chi connectivity index (χ4n) is 1.01. The lowest BCUT2D eigenvalue weighted by atomic mass is 10.3. The van der Waals surface area contributed by atoms with E-state index in [0.717, 1.165) is 0 Å². The van der Waals surface area contributed by atoms with Crippen molar-refractivity contribution in [2.24, 2.45) is 0 Å². The molecule has 0 aromatic carbocycles. The topological polar surface area (TPSA) is 12.0 Å². The van der Waals surface area contributed by atoms with E-state index in [9.17, 15) is 0 Å². The number of hydrogen-bond acceptors (Lipinski definition) is 1. The molecule has 1 heterocycles. The molecule has 0 bridgehead atoms. The van der Waals surface area contributed by atoms with Gasteiger partial charge in [0.1, 0.15) is 0 Å². The standard InChI is InChI=1S/C9H10N/c1-2-4-9(8-5-6-8)10-7-3-1/h1-4,7,10H,5-6H2.